The van der Waals surface area contributed by atoms with Crippen LogP contribution in [0.15, 0.2) is 18.3 Å². The van der Waals surface area contributed by atoms with E-state index in [-0.39, 0.29) is 11.3 Å². The smallest absolute Gasteiger partial charge is 0.308 e. The lowest BCUT2D eigenvalue weighted by molar-refractivity contribution is -0.142. The Balaban J connectivity index is 1.65. The maximum absolute atomic E-state index is 11.5. The van der Waals surface area contributed by atoms with Crippen molar-refractivity contribution in [3.05, 3.63) is 29.6 Å². The number of rotatable bonds is 4. The standard InChI is InChI=1S/C18H26N2O2/c1-18(2,3)16-7-4-12(8-19-16)9-20-10-14(13-5-6-13)15(11-20)17(21)22/h4,7-8,13-15H,5-6,9-11H2,1-3H3,(H,21,22)/t14-,15+/m0/s1. The van der Waals surface area contributed by atoms with Crippen molar-refractivity contribution in [2.45, 2.75) is 45.6 Å². The van der Waals surface area contributed by atoms with Gasteiger partial charge in [0.2, 0.25) is 0 Å². The third-order valence-corrected chi connectivity index (χ3v) is 4.98. The minimum Gasteiger partial charge on any atom is -0.481 e. The Morgan fingerprint density at radius 1 is 1.32 bits per heavy atom. The Morgan fingerprint density at radius 2 is 2.05 bits per heavy atom. The van der Waals surface area contributed by atoms with E-state index in [2.05, 4.69) is 42.8 Å². The van der Waals surface area contributed by atoms with Crippen molar-refractivity contribution < 1.29 is 9.90 Å². The molecule has 2 heterocycles. The minimum atomic E-state index is -0.624. The van der Waals surface area contributed by atoms with Gasteiger partial charge in [-0.2, -0.15) is 0 Å². The van der Waals surface area contributed by atoms with Gasteiger partial charge in [0, 0.05) is 36.9 Å². The third kappa shape index (κ3) is 3.32. The molecule has 0 spiro atoms. The lowest BCUT2D eigenvalue weighted by Crippen LogP contribution is -2.24. The van der Waals surface area contributed by atoms with Crippen LogP contribution in [0.5, 0.6) is 0 Å². The number of pyridine rings is 1. The zero-order chi connectivity index (χ0) is 15.9. The van der Waals surface area contributed by atoms with E-state index in [9.17, 15) is 9.90 Å². The van der Waals surface area contributed by atoms with Crippen LogP contribution in [-0.2, 0) is 16.8 Å². The van der Waals surface area contributed by atoms with Crippen LogP contribution in [0.2, 0.25) is 0 Å². The number of carboxylic acids is 1. The molecule has 3 rings (SSSR count). The second-order valence-electron chi connectivity index (χ2n) is 7.94. The molecule has 0 unspecified atom stereocenters. The molecule has 1 aliphatic carbocycles. The quantitative estimate of drug-likeness (QED) is 0.929. The van der Waals surface area contributed by atoms with Crippen LogP contribution in [0.3, 0.4) is 0 Å². The largest absolute Gasteiger partial charge is 0.481 e. The second-order valence-corrected chi connectivity index (χ2v) is 7.94. The number of carbonyl (C=O) groups is 1. The van der Waals surface area contributed by atoms with Gasteiger partial charge in [-0.25, -0.2) is 0 Å². The lowest BCUT2D eigenvalue weighted by atomic mass is 9.91. The van der Waals surface area contributed by atoms with Crippen LogP contribution in [0, 0.1) is 17.8 Å². The molecule has 1 saturated carbocycles. The fraction of sp³-hybridized carbons (Fsp3) is 0.667. The maximum Gasteiger partial charge on any atom is 0.308 e. The van der Waals surface area contributed by atoms with Gasteiger partial charge in [-0.15, -0.1) is 0 Å². The summed E-state index contributed by atoms with van der Waals surface area (Å²) in [5, 5.41) is 9.43. The van der Waals surface area contributed by atoms with Gasteiger partial charge >= 0.3 is 5.97 Å². The van der Waals surface area contributed by atoms with Crippen molar-refractivity contribution in [3.8, 4) is 0 Å². The van der Waals surface area contributed by atoms with Crippen molar-refractivity contribution in [1.29, 1.82) is 0 Å². The molecule has 0 bridgehead atoms. The molecule has 0 radical (unpaired) electrons. The highest BCUT2D eigenvalue weighted by molar-refractivity contribution is 5.71. The molecule has 0 aromatic carbocycles. The number of hydrogen-bond donors (Lipinski definition) is 1. The monoisotopic (exact) mass is 302 g/mol. The number of nitrogens with zero attached hydrogens (tertiary/aromatic N) is 2. The molecule has 1 aromatic heterocycles. The first-order valence-corrected chi connectivity index (χ1v) is 8.25. The van der Waals surface area contributed by atoms with Crippen LogP contribution >= 0.6 is 0 Å². The molecule has 1 N–H and O–H groups in total. The van der Waals surface area contributed by atoms with E-state index in [0.29, 0.717) is 18.4 Å². The molecule has 2 aliphatic rings. The molecule has 1 aromatic rings. The molecule has 22 heavy (non-hydrogen) atoms. The van der Waals surface area contributed by atoms with E-state index in [1.807, 2.05) is 6.20 Å². The molecule has 0 amide bonds. The van der Waals surface area contributed by atoms with Gasteiger partial charge in [0.25, 0.3) is 0 Å². The molecular formula is C18H26N2O2. The fourth-order valence-electron chi connectivity index (χ4n) is 3.53. The first kappa shape index (κ1) is 15.5. The zero-order valence-electron chi connectivity index (χ0n) is 13.7. The van der Waals surface area contributed by atoms with Gasteiger partial charge in [0.1, 0.15) is 0 Å². The van der Waals surface area contributed by atoms with Crippen LogP contribution in [0.4, 0.5) is 0 Å². The SMILES string of the molecule is CC(C)(C)c1ccc(CN2C[C@@H](C(=O)O)[C@H](C3CC3)C2)cn1. The van der Waals surface area contributed by atoms with E-state index in [0.717, 1.165) is 18.8 Å². The Morgan fingerprint density at radius 3 is 2.55 bits per heavy atom. The number of aromatic nitrogens is 1. The summed E-state index contributed by atoms with van der Waals surface area (Å²) in [7, 11) is 0. The molecule has 1 saturated heterocycles. The molecule has 4 nitrogen and oxygen atoms in total. The predicted molar refractivity (Wildman–Crippen MR) is 85.6 cm³/mol. The van der Waals surface area contributed by atoms with E-state index in [1.165, 1.54) is 18.4 Å². The number of carboxylic acid groups (broad SMARTS) is 1. The summed E-state index contributed by atoms with van der Waals surface area (Å²) in [6, 6.07) is 4.23. The normalized spacial score (nSPS) is 26.3. The van der Waals surface area contributed by atoms with Gasteiger partial charge in [0.05, 0.1) is 5.92 Å². The lowest BCUT2D eigenvalue weighted by Gasteiger charge is -2.19. The van der Waals surface area contributed by atoms with Crippen LogP contribution < -0.4 is 0 Å². The van der Waals surface area contributed by atoms with Crippen LogP contribution in [0.25, 0.3) is 0 Å². The molecule has 120 valence electrons. The minimum absolute atomic E-state index is 0.0671. The van der Waals surface area contributed by atoms with Crippen LogP contribution in [0.1, 0.15) is 44.9 Å². The molecule has 4 heteroatoms. The Bertz CT molecular complexity index is 543. The van der Waals surface area contributed by atoms with E-state index in [1.54, 1.807) is 0 Å². The first-order valence-electron chi connectivity index (χ1n) is 8.25. The number of hydrogen-bond acceptors (Lipinski definition) is 3. The topological polar surface area (TPSA) is 53.4 Å². The predicted octanol–water partition coefficient (Wildman–Crippen LogP) is 2.92. The zero-order valence-corrected chi connectivity index (χ0v) is 13.7. The van der Waals surface area contributed by atoms with E-state index < -0.39 is 5.97 Å². The summed E-state index contributed by atoms with van der Waals surface area (Å²) >= 11 is 0. The number of aliphatic carboxylic acids is 1. The Hall–Kier alpha value is -1.42. The summed E-state index contributed by atoms with van der Waals surface area (Å²) in [6.07, 6.45) is 4.37. The van der Waals surface area contributed by atoms with Crippen molar-refractivity contribution in [2.75, 3.05) is 13.1 Å². The van der Waals surface area contributed by atoms with Crippen LogP contribution in [-0.4, -0.2) is 34.0 Å². The maximum atomic E-state index is 11.5. The van der Waals surface area contributed by atoms with Gasteiger partial charge in [0.15, 0.2) is 0 Å². The highest BCUT2D eigenvalue weighted by Gasteiger charge is 2.45. The Labute approximate surface area is 132 Å². The second kappa shape index (κ2) is 5.65. The summed E-state index contributed by atoms with van der Waals surface area (Å²) in [5.74, 6) is 0.182. The highest BCUT2D eigenvalue weighted by atomic mass is 16.4. The van der Waals surface area contributed by atoms with E-state index >= 15 is 0 Å². The number of likely N-dealkylation sites (tertiary alicyclic amines) is 1. The van der Waals surface area contributed by atoms with Gasteiger partial charge in [-0.05, 0) is 36.3 Å². The van der Waals surface area contributed by atoms with Gasteiger partial charge < -0.3 is 5.11 Å². The van der Waals surface area contributed by atoms with Gasteiger partial charge in [-0.1, -0.05) is 26.8 Å². The Kier molecular flexibility index (Phi) is 3.98. The van der Waals surface area contributed by atoms with E-state index in [4.69, 9.17) is 0 Å². The average molecular weight is 302 g/mol. The fourth-order valence-corrected chi connectivity index (χ4v) is 3.53. The molecule has 2 fully saturated rings. The summed E-state index contributed by atoms with van der Waals surface area (Å²) in [4.78, 5) is 18.3. The summed E-state index contributed by atoms with van der Waals surface area (Å²) in [5.41, 5.74) is 2.34. The molecular weight excluding hydrogens is 276 g/mol. The third-order valence-electron chi connectivity index (χ3n) is 4.98. The first-order chi connectivity index (χ1) is 10.3. The van der Waals surface area contributed by atoms with Crippen molar-refractivity contribution in [3.63, 3.8) is 0 Å². The molecule has 2 atom stereocenters. The highest BCUT2D eigenvalue weighted by Crippen LogP contribution is 2.44. The summed E-state index contributed by atoms with van der Waals surface area (Å²) in [6.45, 7) is 8.89. The van der Waals surface area contributed by atoms with Gasteiger partial charge in [-0.3, -0.25) is 14.7 Å². The molecule has 1 aliphatic heterocycles. The average Bonchev–Trinajstić information content (AvgIpc) is 3.19. The van der Waals surface area contributed by atoms with Crippen molar-refractivity contribution >= 4 is 5.97 Å². The van der Waals surface area contributed by atoms with Crippen molar-refractivity contribution in [1.82, 2.24) is 9.88 Å². The van der Waals surface area contributed by atoms with Crippen molar-refractivity contribution in [2.24, 2.45) is 17.8 Å². The summed E-state index contributed by atoms with van der Waals surface area (Å²) < 4.78 is 0.